The summed E-state index contributed by atoms with van der Waals surface area (Å²) < 4.78 is 0. The summed E-state index contributed by atoms with van der Waals surface area (Å²) in [4.78, 5) is 19.4. The number of thiazole rings is 1. The highest BCUT2D eigenvalue weighted by Crippen LogP contribution is 2.31. The van der Waals surface area contributed by atoms with Crippen LogP contribution in [0, 0.1) is 6.92 Å². The van der Waals surface area contributed by atoms with Gasteiger partial charge in [-0.2, -0.15) is 0 Å². The zero-order chi connectivity index (χ0) is 12.4. The monoisotopic (exact) mass is 252 g/mol. The Bertz CT molecular complexity index is 414. The van der Waals surface area contributed by atoms with Crippen LogP contribution in [0.2, 0.25) is 0 Å². The van der Waals surface area contributed by atoms with Gasteiger partial charge in [0.15, 0.2) is 0 Å². The van der Waals surface area contributed by atoms with Crippen molar-refractivity contribution < 1.29 is 4.79 Å². The van der Waals surface area contributed by atoms with Gasteiger partial charge in [0, 0.05) is 23.8 Å². The minimum atomic E-state index is 0.226. The molecule has 1 aromatic rings. The number of aryl methyl sites for hydroxylation is 1. The Morgan fingerprint density at radius 2 is 2.35 bits per heavy atom. The molecule has 1 aliphatic heterocycles. The third kappa shape index (κ3) is 3.13. The minimum absolute atomic E-state index is 0.226. The van der Waals surface area contributed by atoms with Crippen LogP contribution in [-0.2, 0) is 11.2 Å². The second-order valence-corrected chi connectivity index (χ2v) is 6.16. The van der Waals surface area contributed by atoms with Gasteiger partial charge in [-0.25, -0.2) is 4.98 Å². The Balaban J connectivity index is 2.13. The molecule has 1 saturated heterocycles. The van der Waals surface area contributed by atoms with E-state index >= 15 is 0 Å². The number of rotatable bonds is 3. The molecule has 3 nitrogen and oxygen atoms in total. The van der Waals surface area contributed by atoms with Crippen LogP contribution >= 0.6 is 11.3 Å². The van der Waals surface area contributed by atoms with E-state index in [2.05, 4.69) is 16.9 Å². The number of likely N-dealkylation sites (N-methyl/N-ethyl adjacent to an activating group) is 1. The molecule has 0 saturated carbocycles. The lowest BCUT2D eigenvalue weighted by molar-refractivity contribution is -0.116. The molecule has 0 spiro atoms. The van der Waals surface area contributed by atoms with Gasteiger partial charge >= 0.3 is 0 Å². The van der Waals surface area contributed by atoms with Crippen LogP contribution in [0.5, 0.6) is 0 Å². The van der Waals surface area contributed by atoms with E-state index in [1.165, 1.54) is 24.4 Å². The number of likely N-dealkylation sites (tertiary alicyclic amines) is 1. The van der Waals surface area contributed by atoms with Gasteiger partial charge in [0.2, 0.25) is 0 Å². The maximum absolute atomic E-state index is 11.2. The Kier molecular flexibility index (Phi) is 3.94. The lowest BCUT2D eigenvalue weighted by Gasteiger charge is -2.28. The first kappa shape index (κ1) is 12.7. The van der Waals surface area contributed by atoms with E-state index in [0.29, 0.717) is 12.3 Å². The number of hydrogen-bond donors (Lipinski definition) is 0. The highest BCUT2D eigenvalue weighted by atomic mass is 32.1. The Hall–Kier alpha value is -0.740. The zero-order valence-corrected chi connectivity index (χ0v) is 11.6. The summed E-state index contributed by atoms with van der Waals surface area (Å²) in [5.41, 5.74) is 1.05. The van der Waals surface area contributed by atoms with Crippen LogP contribution in [0.4, 0.5) is 0 Å². The van der Waals surface area contributed by atoms with Crippen molar-refractivity contribution in [3.05, 3.63) is 15.6 Å². The van der Waals surface area contributed by atoms with E-state index in [1.54, 1.807) is 18.3 Å². The van der Waals surface area contributed by atoms with Crippen molar-refractivity contribution in [2.75, 3.05) is 20.1 Å². The molecule has 0 aromatic carbocycles. The topological polar surface area (TPSA) is 33.2 Å². The number of ketones is 1. The number of aromatic nitrogens is 1. The Labute approximate surface area is 107 Å². The first-order valence-corrected chi connectivity index (χ1v) is 7.02. The number of hydrogen-bond acceptors (Lipinski definition) is 4. The van der Waals surface area contributed by atoms with Crippen molar-refractivity contribution in [3.63, 3.8) is 0 Å². The molecule has 0 bridgehead atoms. The largest absolute Gasteiger partial charge is 0.306 e. The fraction of sp³-hybridized carbons (Fsp3) is 0.692. The number of carbonyl (C=O) groups is 1. The van der Waals surface area contributed by atoms with Crippen LogP contribution < -0.4 is 0 Å². The van der Waals surface area contributed by atoms with E-state index in [9.17, 15) is 4.79 Å². The summed E-state index contributed by atoms with van der Waals surface area (Å²) in [6, 6.07) is 0. The maximum atomic E-state index is 11.2. The molecule has 17 heavy (non-hydrogen) atoms. The average Bonchev–Trinajstić information content (AvgIpc) is 2.59. The molecule has 1 fully saturated rings. The van der Waals surface area contributed by atoms with Crippen molar-refractivity contribution in [1.29, 1.82) is 0 Å². The molecular weight excluding hydrogens is 232 g/mol. The van der Waals surface area contributed by atoms with Crippen LogP contribution in [0.1, 0.15) is 41.3 Å². The van der Waals surface area contributed by atoms with Gasteiger partial charge in [-0.05, 0) is 40.3 Å². The molecule has 94 valence electrons. The fourth-order valence-electron chi connectivity index (χ4n) is 2.38. The number of carbonyl (C=O) groups excluding carboxylic acids is 1. The molecule has 2 heterocycles. The molecule has 1 unspecified atom stereocenters. The van der Waals surface area contributed by atoms with Crippen molar-refractivity contribution in [1.82, 2.24) is 9.88 Å². The summed E-state index contributed by atoms with van der Waals surface area (Å²) in [5, 5.41) is 1.23. The summed E-state index contributed by atoms with van der Waals surface area (Å²) in [5.74, 6) is 0.794. The number of piperidine rings is 1. The third-order valence-electron chi connectivity index (χ3n) is 3.29. The van der Waals surface area contributed by atoms with Crippen LogP contribution in [0.15, 0.2) is 0 Å². The van der Waals surface area contributed by atoms with E-state index in [1.807, 2.05) is 6.92 Å². The molecule has 4 heteroatoms. The Morgan fingerprint density at radius 1 is 1.59 bits per heavy atom. The first-order chi connectivity index (χ1) is 8.06. The lowest BCUT2D eigenvalue weighted by Crippen LogP contribution is -2.30. The van der Waals surface area contributed by atoms with Gasteiger partial charge in [-0.15, -0.1) is 11.3 Å². The lowest BCUT2D eigenvalue weighted by atomic mass is 9.99. The van der Waals surface area contributed by atoms with Gasteiger partial charge in [0.05, 0.1) is 10.7 Å². The van der Waals surface area contributed by atoms with Crippen LogP contribution in [0.25, 0.3) is 0 Å². The second kappa shape index (κ2) is 5.27. The molecule has 0 amide bonds. The van der Waals surface area contributed by atoms with E-state index < -0.39 is 0 Å². The molecule has 0 radical (unpaired) electrons. The van der Waals surface area contributed by atoms with Crippen molar-refractivity contribution >= 4 is 17.1 Å². The summed E-state index contributed by atoms with van der Waals surface area (Å²) in [6.45, 7) is 5.96. The summed E-state index contributed by atoms with van der Waals surface area (Å²) in [7, 11) is 2.17. The molecule has 0 N–H and O–H groups in total. The van der Waals surface area contributed by atoms with Gasteiger partial charge in [0.25, 0.3) is 0 Å². The van der Waals surface area contributed by atoms with Crippen LogP contribution in [0.3, 0.4) is 0 Å². The first-order valence-electron chi connectivity index (χ1n) is 6.20. The molecule has 1 atom stereocenters. The predicted octanol–water partition coefficient (Wildman–Crippen LogP) is 2.39. The average molecular weight is 252 g/mol. The van der Waals surface area contributed by atoms with E-state index in [4.69, 9.17) is 0 Å². The molecule has 1 aromatic heterocycles. The molecule has 0 aliphatic carbocycles. The van der Waals surface area contributed by atoms with Gasteiger partial charge in [-0.3, -0.25) is 4.79 Å². The highest BCUT2D eigenvalue weighted by Gasteiger charge is 2.22. The molecule has 2 rings (SSSR count). The molecular formula is C13H20N2OS. The minimum Gasteiger partial charge on any atom is -0.306 e. The zero-order valence-electron chi connectivity index (χ0n) is 10.8. The van der Waals surface area contributed by atoms with Crippen molar-refractivity contribution in [2.45, 2.75) is 39.0 Å². The number of nitrogens with zero attached hydrogens (tertiary/aromatic N) is 2. The quantitative estimate of drug-likeness (QED) is 0.828. The van der Waals surface area contributed by atoms with E-state index in [0.717, 1.165) is 17.1 Å². The second-order valence-electron chi connectivity index (χ2n) is 5.04. The summed E-state index contributed by atoms with van der Waals surface area (Å²) in [6.07, 6.45) is 3.03. The SMILES string of the molecule is CC(=O)Cc1sc(C2CCCN(C)C2)nc1C. The smallest absolute Gasteiger partial charge is 0.135 e. The third-order valence-corrected chi connectivity index (χ3v) is 4.61. The van der Waals surface area contributed by atoms with Gasteiger partial charge in [-0.1, -0.05) is 0 Å². The van der Waals surface area contributed by atoms with Crippen LogP contribution in [-0.4, -0.2) is 35.8 Å². The predicted molar refractivity (Wildman–Crippen MR) is 70.7 cm³/mol. The van der Waals surface area contributed by atoms with Gasteiger partial charge in [0.1, 0.15) is 5.78 Å². The normalized spacial score (nSPS) is 21.7. The summed E-state index contributed by atoms with van der Waals surface area (Å²) >= 11 is 1.74. The Morgan fingerprint density at radius 3 is 3.00 bits per heavy atom. The standard InChI is InChI=1S/C13H20N2OS/c1-9(16)7-12-10(2)14-13(17-12)11-5-4-6-15(3)8-11/h11H,4-8H2,1-3H3. The molecule has 1 aliphatic rings. The van der Waals surface area contributed by atoms with Gasteiger partial charge < -0.3 is 4.90 Å². The van der Waals surface area contributed by atoms with Crippen molar-refractivity contribution in [2.24, 2.45) is 0 Å². The van der Waals surface area contributed by atoms with E-state index in [-0.39, 0.29) is 5.78 Å². The fourth-order valence-corrected chi connectivity index (χ4v) is 3.65. The highest BCUT2D eigenvalue weighted by molar-refractivity contribution is 7.12. The van der Waals surface area contributed by atoms with Crippen molar-refractivity contribution in [3.8, 4) is 0 Å². The maximum Gasteiger partial charge on any atom is 0.135 e. The number of Topliss-reactive ketones (excluding diaryl/α,β-unsaturated/α-hetero) is 1.